The molecule has 0 aliphatic heterocycles. The van der Waals surface area contributed by atoms with E-state index in [1.54, 1.807) is 6.20 Å². The van der Waals surface area contributed by atoms with Crippen LogP contribution in [0.2, 0.25) is 0 Å². The molecule has 8 nitrogen and oxygen atoms in total. The minimum atomic E-state index is -0.252. The predicted octanol–water partition coefficient (Wildman–Crippen LogP) is 3.72. The van der Waals surface area contributed by atoms with Crippen LogP contribution < -0.4 is 10.9 Å². The molecule has 0 fully saturated rings. The number of rotatable bonds is 6. The molecule has 0 aliphatic carbocycles. The van der Waals surface area contributed by atoms with Crippen LogP contribution >= 0.6 is 11.8 Å². The van der Waals surface area contributed by atoms with Gasteiger partial charge in [-0.3, -0.25) is 15.1 Å². The molecule has 0 saturated heterocycles. The van der Waals surface area contributed by atoms with E-state index in [0.717, 1.165) is 28.7 Å². The van der Waals surface area contributed by atoms with Crippen LogP contribution in [0.25, 0.3) is 10.9 Å². The Bertz CT molecular complexity index is 1270. The summed E-state index contributed by atoms with van der Waals surface area (Å²) in [7, 11) is 0. The number of hydrogen-bond acceptors (Lipinski definition) is 8. The molecule has 0 aliphatic rings. The zero-order chi connectivity index (χ0) is 21.1. The molecule has 0 radical (unpaired) electrons. The molecule has 4 aromatic rings. The second-order valence-electron chi connectivity index (χ2n) is 6.82. The summed E-state index contributed by atoms with van der Waals surface area (Å²) < 4.78 is 0. The van der Waals surface area contributed by atoms with Crippen LogP contribution in [0.1, 0.15) is 29.6 Å². The Hall–Kier alpha value is -3.33. The molecule has 0 spiro atoms. The highest BCUT2D eigenvalue weighted by Gasteiger charge is 2.09. The molecule has 3 aromatic heterocycles. The number of aromatic amines is 1. The van der Waals surface area contributed by atoms with Crippen molar-refractivity contribution in [1.82, 2.24) is 29.9 Å². The van der Waals surface area contributed by atoms with Crippen LogP contribution in [0.5, 0.6) is 0 Å². The molecule has 9 heteroatoms. The van der Waals surface area contributed by atoms with Gasteiger partial charge in [-0.25, -0.2) is 24.9 Å². The van der Waals surface area contributed by atoms with Gasteiger partial charge in [0.2, 0.25) is 11.9 Å². The van der Waals surface area contributed by atoms with Crippen LogP contribution in [-0.4, -0.2) is 29.9 Å². The van der Waals surface area contributed by atoms with E-state index in [1.807, 2.05) is 26.0 Å². The SMILES string of the molecule is CCc1ccc2nc(Nc3nc(CSc4nccc(C)n4)cc(=O)[nH]3)nc(C)c2c1. The van der Waals surface area contributed by atoms with E-state index < -0.39 is 0 Å². The van der Waals surface area contributed by atoms with Crippen molar-refractivity contribution in [3.63, 3.8) is 0 Å². The summed E-state index contributed by atoms with van der Waals surface area (Å²) in [5.74, 6) is 1.16. The van der Waals surface area contributed by atoms with Gasteiger partial charge >= 0.3 is 0 Å². The summed E-state index contributed by atoms with van der Waals surface area (Å²) in [6.45, 7) is 5.97. The summed E-state index contributed by atoms with van der Waals surface area (Å²) in [5.41, 5.74) is 4.20. The predicted molar refractivity (Wildman–Crippen MR) is 118 cm³/mol. The molecule has 30 heavy (non-hydrogen) atoms. The average Bonchev–Trinajstić information content (AvgIpc) is 2.72. The van der Waals surface area contributed by atoms with Gasteiger partial charge < -0.3 is 0 Å². The lowest BCUT2D eigenvalue weighted by molar-refractivity contribution is 0.929. The molecule has 4 rings (SSSR count). The number of anilines is 2. The van der Waals surface area contributed by atoms with E-state index in [9.17, 15) is 4.79 Å². The molecule has 0 unspecified atom stereocenters. The van der Waals surface area contributed by atoms with Crippen LogP contribution in [-0.2, 0) is 12.2 Å². The minimum Gasteiger partial charge on any atom is -0.294 e. The zero-order valence-corrected chi connectivity index (χ0v) is 17.7. The second kappa shape index (κ2) is 8.58. The Labute approximate surface area is 177 Å². The van der Waals surface area contributed by atoms with Gasteiger partial charge in [0, 0.05) is 29.1 Å². The number of hydrogen-bond donors (Lipinski definition) is 2. The first-order chi connectivity index (χ1) is 14.5. The first kappa shape index (κ1) is 20.0. The van der Waals surface area contributed by atoms with Gasteiger partial charge in [-0.05, 0) is 44.0 Å². The lowest BCUT2D eigenvalue weighted by Crippen LogP contribution is -2.13. The van der Waals surface area contributed by atoms with Gasteiger partial charge in [0.15, 0.2) is 5.16 Å². The molecule has 0 amide bonds. The van der Waals surface area contributed by atoms with Gasteiger partial charge in [-0.15, -0.1) is 0 Å². The van der Waals surface area contributed by atoms with E-state index in [2.05, 4.69) is 54.3 Å². The van der Waals surface area contributed by atoms with Gasteiger partial charge in [-0.2, -0.15) is 0 Å². The lowest BCUT2D eigenvalue weighted by Gasteiger charge is -2.09. The quantitative estimate of drug-likeness (QED) is 0.359. The third-order valence-corrected chi connectivity index (χ3v) is 5.40. The smallest absolute Gasteiger partial charge is 0.252 e. The number of aromatic nitrogens is 6. The third kappa shape index (κ3) is 4.62. The van der Waals surface area contributed by atoms with Crippen LogP contribution in [0, 0.1) is 13.8 Å². The molecule has 3 heterocycles. The normalized spacial score (nSPS) is 11.0. The first-order valence-corrected chi connectivity index (χ1v) is 10.6. The summed E-state index contributed by atoms with van der Waals surface area (Å²) in [6, 6.07) is 9.46. The summed E-state index contributed by atoms with van der Waals surface area (Å²) in [4.78, 5) is 36.9. The van der Waals surface area contributed by atoms with Crippen molar-refractivity contribution in [2.75, 3.05) is 5.32 Å². The number of nitrogens with one attached hydrogen (secondary N) is 2. The minimum absolute atomic E-state index is 0.252. The standard InChI is InChI=1S/C21H21N7OS/c1-4-14-5-6-17-16(9-14)13(3)24-19(26-17)28-20-25-15(10-18(29)27-20)11-30-21-22-8-7-12(2)23-21/h5-10H,4,11H2,1-3H3,(H2,24,25,26,27,28,29). The fourth-order valence-electron chi connectivity index (χ4n) is 2.99. The van der Waals surface area contributed by atoms with Crippen molar-refractivity contribution >= 4 is 34.6 Å². The number of H-pyrrole nitrogens is 1. The summed E-state index contributed by atoms with van der Waals surface area (Å²) >= 11 is 1.42. The van der Waals surface area contributed by atoms with Gasteiger partial charge in [0.1, 0.15) is 0 Å². The Balaban J connectivity index is 1.56. The Morgan fingerprint density at radius 1 is 1.07 bits per heavy atom. The van der Waals surface area contributed by atoms with E-state index in [-0.39, 0.29) is 5.56 Å². The largest absolute Gasteiger partial charge is 0.294 e. The van der Waals surface area contributed by atoms with Crippen molar-refractivity contribution in [3.8, 4) is 0 Å². The van der Waals surface area contributed by atoms with Gasteiger partial charge in [0.05, 0.1) is 16.9 Å². The Morgan fingerprint density at radius 2 is 1.93 bits per heavy atom. The monoisotopic (exact) mass is 419 g/mol. The highest BCUT2D eigenvalue weighted by atomic mass is 32.2. The fourth-order valence-corrected chi connectivity index (χ4v) is 3.75. The lowest BCUT2D eigenvalue weighted by atomic mass is 10.1. The first-order valence-electron chi connectivity index (χ1n) is 9.57. The van der Waals surface area contributed by atoms with Crippen molar-refractivity contribution in [2.24, 2.45) is 0 Å². The highest BCUT2D eigenvalue weighted by molar-refractivity contribution is 7.98. The molecule has 0 atom stereocenters. The van der Waals surface area contributed by atoms with E-state index in [1.165, 1.54) is 23.4 Å². The van der Waals surface area contributed by atoms with Crippen LogP contribution in [0.15, 0.2) is 46.5 Å². The molecule has 152 valence electrons. The maximum absolute atomic E-state index is 12.1. The summed E-state index contributed by atoms with van der Waals surface area (Å²) in [5, 5.41) is 4.69. The van der Waals surface area contributed by atoms with Gasteiger partial charge in [0.25, 0.3) is 5.56 Å². The maximum Gasteiger partial charge on any atom is 0.252 e. The third-order valence-electron chi connectivity index (χ3n) is 4.51. The van der Waals surface area contributed by atoms with Crippen molar-refractivity contribution in [3.05, 3.63) is 69.5 Å². The molecule has 0 bridgehead atoms. The molecular weight excluding hydrogens is 398 g/mol. The maximum atomic E-state index is 12.1. The molecular formula is C21H21N7OS. The molecule has 2 N–H and O–H groups in total. The van der Waals surface area contributed by atoms with Gasteiger partial charge in [-0.1, -0.05) is 24.8 Å². The second-order valence-corrected chi connectivity index (χ2v) is 7.76. The number of benzene rings is 1. The van der Waals surface area contributed by atoms with E-state index in [4.69, 9.17) is 0 Å². The van der Waals surface area contributed by atoms with Crippen molar-refractivity contribution in [1.29, 1.82) is 0 Å². The number of fused-ring (bicyclic) bond motifs is 1. The van der Waals surface area contributed by atoms with Crippen LogP contribution in [0.3, 0.4) is 0 Å². The van der Waals surface area contributed by atoms with Crippen LogP contribution in [0.4, 0.5) is 11.9 Å². The molecule has 1 aromatic carbocycles. The topological polar surface area (TPSA) is 109 Å². The summed E-state index contributed by atoms with van der Waals surface area (Å²) in [6.07, 6.45) is 2.67. The van der Waals surface area contributed by atoms with Crippen molar-refractivity contribution < 1.29 is 0 Å². The average molecular weight is 420 g/mol. The van der Waals surface area contributed by atoms with E-state index >= 15 is 0 Å². The Morgan fingerprint density at radius 3 is 2.73 bits per heavy atom. The molecule has 0 saturated carbocycles. The number of nitrogens with zero attached hydrogens (tertiary/aromatic N) is 5. The Kier molecular flexibility index (Phi) is 5.71. The van der Waals surface area contributed by atoms with Crippen molar-refractivity contribution in [2.45, 2.75) is 38.1 Å². The fraction of sp³-hybridized carbons (Fsp3) is 0.238. The number of aryl methyl sites for hydroxylation is 3. The van der Waals surface area contributed by atoms with E-state index in [0.29, 0.717) is 28.5 Å². The highest BCUT2D eigenvalue weighted by Crippen LogP contribution is 2.21. The zero-order valence-electron chi connectivity index (χ0n) is 16.9. The number of thioether (sulfide) groups is 1.